The van der Waals surface area contributed by atoms with E-state index in [2.05, 4.69) is 5.32 Å². The summed E-state index contributed by atoms with van der Waals surface area (Å²) in [5, 5.41) is 2.41. The van der Waals surface area contributed by atoms with Gasteiger partial charge in [-0.2, -0.15) is 4.39 Å². The molecule has 1 aliphatic rings. The maximum Gasteiger partial charge on any atom is 0.255 e. The molecule has 1 heterocycles. The van der Waals surface area contributed by atoms with Crippen molar-refractivity contribution in [1.82, 2.24) is 5.32 Å². The first-order valence-corrected chi connectivity index (χ1v) is 3.95. The largest absolute Gasteiger partial charge is 0.458 e. The number of halogens is 1. The van der Waals surface area contributed by atoms with Crippen LogP contribution in [0.2, 0.25) is 0 Å². The number of nitrogens with one attached hydrogen (secondary N) is 1. The SMILES string of the molecule is O=C1NCC(F)Oc2ccccc21. The second-order valence-electron chi connectivity index (χ2n) is 2.73. The molecule has 13 heavy (non-hydrogen) atoms. The maximum atomic E-state index is 12.9. The summed E-state index contributed by atoms with van der Waals surface area (Å²) in [7, 11) is 0. The Balaban J connectivity index is 2.43. The van der Waals surface area contributed by atoms with E-state index in [4.69, 9.17) is 4.74 Å². The third-order valence-corrected chi connectivity index (χ3v) is 1.81. The van der Waals surface area contributed by atoms with Gasteiger partial charge < -0.3 is 10.1 Å². The Kier molecular flexibility index (Phi) is 1.88. The van der Waals surface area contributed by atoms with Gasteiger partial charge in [0.05, 0.1) is 12.1 Å². The summed E-state index contributed by atoms with van der Waals surface area (Å²) in [6.45, 7) is -0.104. The molecular weight excluding hydrogens is 173 g/mol. The molecule has 1 aromatic carbocycles. The van der Waals surface area contributed by atoms with Gasteiger partial charge in [-0.05, 0) is 12.1 Å². The van der Waals surface area contributed by atoms with Crippen LogP contribution in [-0.2, 0) is 0 Å². The molecule has 0 fully saturated rings. The lowest BCUT2D eigenvalue weighted by molar-refractivity contribution is 0.0696. The molecule has 1 N–H and O–H groups in total. The molecule has 0 saturated carbocycles. The molecule has 1 aromatic rings. The molecule has 1 amide bonds. The summed E-state index contributed by atoms with van der Waals surface area (Å²) in [6.07, 6.45) is -1.47. The fourth-order valence-electron chi connectivity index (χ4n) is 1.20. The van der Waals surface area contributed by atoms with Crippen LogP contribution in [0.5, 0.6) is 5.75 Å². The second-order valence-corrected chi connectivity index (χ2v) is 2.73. The number of rotatable bonds is 0. The fraction of sp³-hybridized carbons (Fsp3) is 0.222. The third kappa shape index (κ3) is 1.47. The van der Waals surface area contributed by atoms with Crippen molar-refractivity contribution < 1.29 is 13.9 Å². The lowest BCUT2D eigenvalue weighted by atomic mass is 10.2. The molecule has 0 bridgehead atoms. The smallest absolute Gasteiger partial charge is 0.255 e. The quantitative estimate of drug-likeness (QED) is 0.651. The number of carbonyl (C=O) groups excluding carboxylic acids is 1. The molecule has 0 spiro atoms. The molecule has 1 aliphatic heterocycles. The zero-order valence-electron chi connectivity index (χ0n) is 6.79. The topological polar surface area (TPSA) is 38.3 Å². The Morgan fingerprint density at radius 2 is 2.23 bits per heavy atom. The Morgan fingerprint density at radius 3 is 3.08 bits per heavy atom. The van der Waals surface area contributed by atoms with Crippen molar-refractivity contribution in [2.75, 3.05) is 6.54 Å². The van der Waals surface area contributed by atoms with E-state index in [1.807, 2.05) is 0 Å². The molecule has 0 saturated heterocycles. The first-order chi connectivity index (χ1) is 6.27. The van der Waals surface area contributed by atoms with Crippen LogP contribution >= 0.6 is 0 Å². The van der Waals surface area contributed by atoms with E-state index in [0.29, 0.717) is 11.3 Å². The maximum absolute atomic E-state index is 12.9. The molecule has 2 rings (SSSR count). The average Bonchev–Trinajstić information content (AvgIpc) is 2.27. The number of ether oxygens (including phenoxy) is 1. The molecule has 0 radical (unpaired) electrons. The molecule has 68 valence electrons. The van der Waals surface area contributed by atoms with Crippen LogP contribution in [0, 0.1) is 0 Å². The highest BCUT2D eigenvalue weighted by Crippen LogP contribution is 2.21. The van der Waals surface area contributed by atoms with Gasteiger partial charge in [-0.1, -0.05) is 12.1 Å². The number of para-hydroxylation sites is 1. The average molecular weight is 181 g/mol. The molecule has 3 nitrogen and oxygen atoms in total. The van der Waals surface area contributed by atoms with Crippen LogP contribution < -0.4 is 10.1 Å². The van der Waals surface area contributed by atoms with Gasteiger partial charge in [0.2, 0.25) is 0 Å². The number of alkyl halides is 1. The van der Waals surface area contributed by atoms with Crippen molar-refractivity contribution >= 4 is 5.91 Å². The summed E-state index contributed by atoms with van der Waals surface area (Å²) >= 11 is 0. The predicted molar refractivity (Wildman–Crippen MR) is 44.3 cm³/mol. The molecular formula is C9H8FNO2. The van der Waals surface area contributed by atoms with Gasteiger partial charge in [0.1, 0.15) is 5.75 Å². The van der Waals surface area contributed by atoms with Crippen LogP contribution in [0.25, 0.3) is 0 Å². The van der Waals surface area contributed by atoms with Gasteiger partial charge in [0, 0.05) is 0 Å². The standard InChI is InChI=1S/C9H8FNO2/c10-8-5-11-9(12)6-3-1-2-4-7(6)13-8/h1-4,8H,5H2,(H,11,12). The second kappa shape index (κ2) is 3.05. The van der Waals surface area contributed by atoms with Crippen molar-refractivity contribution in [3.8, 4) is 5.75 Å². The zero-order chi connectivity index (χ0) is 9.26. The van der Waals surface area contributed by atoms with E-state index in [9.17, 15) is 9.18 Å². The van der Waals surface area contributed by atoms with E-state index < -0.39 is 6.36 Å². The van der Waals surface area contributed by atoms with Crippen molar-refractivity contribution in [3.63, 3.8) is 0 Å². The zero-order valence-corrected chi connectivity index (χ0v) is 6.79. The van der Waals surface area contributed by atoms with Crippen molar-refractivity contribution in [2.24, 2.45) is 0 Å². The van der Waals surface area contributed by atoms with Gasteiger partial charge in [-0.25, -0.2) is 0 Å². The lowest BCUT2D eigenvalue weighted by Gasteiger charge is -2.06. The van der Waals surface area contributed by atoms with Crippen LogP contribution in [-0.4, -0.2) is 18.8 Å². The van der Waals surface area contributed by atoms with Gasteiger partial charge in [-0.3, -0.25) is 4.79 Å². The van der Waals surface area contributed by atoms with Crippen LogP contribution in [0.3, 0.4) is 0 Å². The van der Waals surface area contributed by atoms with Crippen LogP contribution in [0.15, 0.2) is 24.3 Å². The Labute approximate surface area is 74.5 Å². The lowest BCUT2D eigenvalue weighted by Crippen LogP contribution is -2.28. The number of carbonyl (C=O) groups is 1. The normalized spacial score (nSPS) is 21.0. The van der Waals surface area contributed by atoms with Crippen LogP contribution in [0.4, 0.5) is 4.39 Å². The summed E-state index contributed by atoms with van der Waals surface area (Å²) < 4.78 is 17.7. The minimum Gasteiger partial charge on any atom is -0.458 e. The van der Waals surface area contributed by atoms with Gasteiger partial charge in [-0.15, -0.1) is 0 Å². The van der Waals surface area contributed by atoms with Crippen molar-refractivity contribution in [1.29, 1.82) is 0 Å². The van der Waals surface area contributed by atoms with E-state index in [1.54, 1.807) is 24.3 Å². The van der Waals surface area contributed by atoms with Gasteiger partial charge >= 0.3 is 0 Å². The number of fused-ring (bicyclic) bond motifs is 1. The van der Waals surface area contributed by atoms with Crippen molar-refractivity contribution in [3.05, 3.63) is 29.8 Å². The minimum absolute atomic E-state index is 0.104. The molecule has 1 atom stereocenters. The molecule has 0 aromatic heterocycles. The highest BCUT2D eigenvalue weighted by Gasteiger charge is 2.20. The highest BCUT2D eigenvalue weighted by atomic mass is 19.1. The number of hydrogen-bond donors (Lipinski definition) is 1. The monoisotopic (exact) mass is 181 g/mol. The Morgan fingerprint density at radius 1 is 1.46 bits per heavy atom. The van der Waals surface area contributed by atoms with E-state index in [1.165, 1.54) is 0 Å². The Bertz CT molecular complexity index is 340. The van der Waals surface area contributed by atoms with E-state index in [-0.39, 0.29) is 12.5 Å². The first kappa shape index (κ1) is 8.04. The number of hydrogen-bond acceptors (Lipinski definition) is 2. The summed E-state index contributed by atoms with van der Waals surface area (Å²) in [5.41, 5.74) is 0.377. The fourth-order valence-corrected chi connectivity index (χ4v) is 1.20. The van der Waals surface area contributed by atoms with E-state index >= 15 is 0 Å². The molecule has 4 heteroatoms. The highest BCUT2D eigenvalue weighted by molar-refractivity contribution is 5.97. The van der Waals surface area contributed by atoms with Crippen molar-refractivity contribution in [2.45, 2.75) is 6.36 Å². The molecule has 1 unspecified atom stereocenters. The summed E-state index contributed by atoms with van der Waals surface area (Å²) in [5.74, 6) is 0.000694. The van der Waals surface area contributed by atoms with Gasteiger partial charge in [0.15, 0.2) is 0 Å². The third-order valence-electron chi connectivity index (χ3n) is 1.81. The number of amides is 1. The predicted octanol–water partition coefficient (Wildman–Crippen LogP) is 1.10. The minimum atomic E-state index is -1.47. The molecule has 0 aliphatic carbocycles. The summed E-state index contributed by atoms with van der Waals surface area (Å²) in [4.78, 5) is 11.3. The van der Waals surface area contributed by atoms with Gasteiger partial charge in [0.25, 0.3) is 12.3 Å². The Hall–Kier alpha value is -1.58. The van der Waals surface area contributed by atoms with E-state index in [0.717, 1.165) is 0 Å². The van der Waals surface area contributed by atoms with Crippen LogP contribution in [0.1, 0.15) is 10.4 Å². The first-order valence-electron chi connectivity index (χ1n) is 3.95. The number of benzene rings is 1. The summed E-state index contributed by atoms with van der Waals surface area (Å²) in [6, 6.07) is 6.58.